The summed E-state index contributed by atoms with van der Waals surface area (Å²) >= 11 is 0. The van der Waals surface area contributed by atoms with Crippen molar-refractivity contribution in [1.29, 1.82) is 0 Å². The number of hydrogen-bond acceptors (Lipinski definition) is 1. The van der Waals surface area contributed by atoms with Gasteiger partial charge in [-0.05, 0) is 68.1 Å². The SMILES string of the molecule is Cc1ccc(CCC(=O)N[C@@H]2C[C@@H]3CC[C@@H]2C3)cc1C. The largest absolute Gasteiger partial charge is 0.353 e. The molecule has 0 radical (unpaired) electrons. The monoisotopic (exact) mass is 271 g/mol. The van der Waals surface area contributed by atoms with Gasteiger partial charge in [0.2, 0.25) is 5.91 Å². The Morgan fingerprint density at radius 1 is 1.20 bits per heavy atom. The van der Waals surface area contributed by atoms with Crippen LogP contribution in [0, 0.1) is 25.7 Å². The molecule has 2 aliphatic carbocycles. The third-order valence-corrected chi connectivity index (χ3v) is 5.30. The first-order chi connectivity index (χ1) is 9.61. The van der Waals surface area contributed by atoms with E-state index in [0.29, 0.717) is 12.5 Å². The zero-order chi connectivity index (χ0) is 14.1. The minimum Gasteiger partial charge on any atom is -0.353 e. The molecule has 0 spiro atoms. The standard InChI is InChI=1S/C18H25NO/c1-12-3-4-14(9-13(12)2)6-8-18(20)19-17-11-15-5-7-16(17)10-15/h3-4,9,15-17H,5-8,10-11H2,1-2H3,(H,19,20)/t15-,16-,17-/m1/s1. The second-order valence-corrected chi connectivity index (χ2v) is 6.77. The third kappa shape index (κ3) is 2.89. The highest BCUT2D eigenvalue weighted by Crippen LogP contribution is 2.44. The van der Waals surface area contributed by atoms with Crippen LogP contribution >= 0.6 is 0 Å². The van der Waals surface area contributed by atoms with Gasteiger partial charge in [-0.1, -0.05) is 24.6 Å². The number of rotatable bonds is 4. The van der Waals surface area contributed by atoms with Gasteiger partial charge in [0.15, 0.2) is 0 Å². The van der Waals surface area contributed by atoms with Crippen molar-refractivity contribution in [2.75, 3.05) is 0 Å². The zero-order valence-corrected chi connectivity index (χ0v) is 12.6. The fourth-order valence-electron chi connectivity index (χ4n) is 3.92. The highest BCUT2D eigenvalue weighted by atomic mass is 16.1. The molecule has 0 aromatic heterocycles. The van der Waals surface area contributed by atoms with Crippen molar-refractivity contribution in [3.05, 3.63) is 34.9 Å². The van der Waals surface area contributed by atoms with Crippen LogP contribution in [-0.4, -0.2) is 11.9 Å². The Labute approximate surface area is 122 Å². The number of carbonyl (C=O) groups excluding carboxylic acids is 1. The first-order valence-corrected chi connectivity index (χ1v) is 7.97. The molecule has 2 bridgehead atoms. The third-order valence-electron chi connectivity index (χ3n) is 5.30. The molecule has 1 N–H and O–H groups in total. The zero-order valence-electron chi connectivity index (χ0n) is 12.6. The number of hydrogen-bond donors (Lipinski definition) is 1. The molecule has 2 aliphatic rings. The van der Waals surface area contributed by atoms with E-state index in [9.17, 15) is 4.79 Å². The van der Waals surface area contributed by atoms with Gasteiger partial charge < -0.3 is 5.32 Å². The Morgan fingerprint density at radius 2 is 2.05 bits per heavy atom. The lowest BCUT2D eigenvalue weighted by atomic mass is 9.95. The molecule has 0 unspecified atom stereocenters. The highest BCUT2D eigenvalue weighted by molar-refractivity contribution is 5.76. The first-order valence-electron chi connectivity index (χ1n) is 7.97. The molecule has 0 aliphatic heterocycles. The normalized spacial score (nSPS) is 27.8. The first kappa shape index (κ1) is 13.7. The molecular weight excluding hydrogens is 246 g/mol. The fourth-order valence-corrected chi connectivity index (χ4v) is 3.92. The Bertz CT molecular complexity index is 508. The van der Waals surface area contributed by atoms with Gasteiger partial charge in [-0.25, -0.2) is 0 Å². The maximum absolute atomic E-state index is 12.1. The van der Waals surface area contributed by atoms with Crippen molar-refractivity contribution in [2.45, 2.75) is 58.4 Å². The molecular formula is C18H25NO. The average Bonchev–Trinajstić information content (AvgIpc) is 3.02. The molecule has 2 fully saturated rings. The topological polar surface area (TPSA) is 29.1 Å². The van der Waals surface area contributed by atoms with E-state index >= 15 is 0 Å². The summed E-state index contributed by atoms with van der Waals surface area (Å²) in [6.07, 6.45) is 6.76. The molecule has 3 rings (SSSR count). The summed E-state index contributed by atoms with van der Waals surface area (Å²) in [6, 6.07) is 6.98. The summed E-state index contributed by atoms with van der Waals surface area (Å²) in [6.45, 7) is 4.26. The molecule has 1 aromatic carbocycles. The van der Waals surface area contributed by atoms with Crippen molar-refractivity contribution in [1.82, 2.24) is 5.32 Å². The molecule has 3 atom stereocenters. The second kappa shape index (κ2) is 5.59. The minimum absolute atomic E-state index is 0.237. The van der Waals surface area contributed by atoms with Crippen LogP contribution < -0.4 is 5.32 Å². The summed E-state index contributed by atoms with van der Waals surface area (Å²) < 4.78 is 0. The van der Waals surface area contributed by atoms with Gasteiger partial charge in [0, 0.05) is 12.5 Å². The number of fused-ring (bicyclic) bond motifs is 2. The van der Waals surface area contributed by atoms with Gasteiger partial charge in [-0.2, -0.15) is 0 Å². The highest BCUT2D eigenvalue weighted by Gasteiger charge is 2.39. The summed E-state index contributed by atoms with van der Waals surface area (Å²) in [5, 5.41) is 3.27. The van der Waals surface area contributed by atoms with E-state index in [0.717, 1.165) is 18.3 Å². The van der Waals surface area contributed by atoms with E-state index in [2.05, 4.69) is 37.4 Å². The average molecular weight is 271 g/mol. The van der Waals surface area contributed by atoms with Crippen LogP contribution in [0.5, 0.6) is 0 Å². The van der Waals surface area contributed by atoms with Crippen molar-refractivity contribution in [2.24, 2.45) is 11.8 Å². The molecule has 2 heteroatoms. The summed E-state index contributed by atoms with van der Waals surface area (Å²) in [7, 11) is 0. The van der Waals surface area contributed by atoms with E-state index in [1.807, 2.05) is 0 Å². The van der Waals surface area contributed by atoms with Crippen LogP contribution in [0.4, 0.5) is 0 Å². The fraction of sp³-hybridized carbons (Fsp3) is 0.611. The number of nitrogens with one attached hydrogen (secondary N) is 1. The lowest BCUT2D eigenvalue weighted by molar-refractivity contribution is -0.122. The van der Waals surface area contributed by atoms with Gasteiger partial charge >= 0.3 is 0 Å². The quantitative estimate of drug-likeness (QED) is 0.891. The smallest absolute Gasteiger partial charge is 0.220 e. The van der Waals surface area contributed by atoms with Crippen LogP contribution in [0.3, 0.4) is 0 Å². The lowest BCUT2D eigenvalue weighted by Gasteiger charge is -2.22. The van der Waals surface area contributed by atoms with Crippen molar-refractivity contribution >= 4 is 5.91 Å². The number of amides is 1. The summed E-state index contributed by atoms with van der Waals surface area (Å²) in [5.74, 6) is 1.90. The van der Waals surface area contributed by atoms with E-state index in [1.54, 1.807) is 0 Å². The van der Waals surface area contributed by atoms with E-state index in [4.69, 9.17) is 0 Å². The van der Waals surface area contributed by atoms with E-state index in [1.165, 1.54) is 42.4 Å². The Kier molecular flexibility index (Phi) is 3.82. The number of aryl methyl sites for hydroxylation is 3. The van der Waals surface area contributed by atoms with Crippen molar-refractivity contribution in [3.63, 3.8) is 0 Å². The van der Waals surface area contributed by atoms with Gasteiger partial charge in [-0.3, -0.25) is 4.79 Å². The van der Waals surface area contributed by atoms with Gasteiger partial charge in [0.1, 0.15) is 0 Å². The van der Waals surface area contributed by atoms with Crippen LogP contribution in [0.1, 0.15) is 48.8 Å². The van der Waals surface area contributed by atoms with E-state index in [-0.39, 0.29) is 5.91 Å². The Morgan fingerprint density at radius 3 is 2.70 bits per heavy atom. The lowest BCUT2D eigenvalue weighted by Crippen LogP contribution is -2.38. The molecule has 0 saturated heterocycles. The van der Waals surface area contributed by atoms with E-state index < -0.39 is 0 Å². The molecule has 2 nitrogen and oxygen atoms in total. The Balaban J connectivity index is 1.48. The van der Waals surface area contributed by atoms with Gasteiger partial charge in [0.05, 0.1) is 0 Å². The summed E-state index contributed by atoms with van der Waals surface area (Å²) in [4.78, 5) is 12.1. The van der Waals surface area contributed by atoms with Crippen LogP contribution in [0.25, 0.3) is 0 Å². The molecule has 1 amide bonds. The molecule has 0 heterocycles. The van der Waals surface area contributed by atoms with Crippen LogP contribution in [0.2, 0.25) is 0 Å². The minimum atomic E-state index is 0.237. The predicted octanol–water partition coefficient (Wildman–Crippen LogP) is 3.54. The number of carbonyl (C=O) groups is 1. The van der Waals surface area contributed by atoms with Crippen molar-refractivity contribution < 1.29 is 4.79 Å². The van der Waals surface area contributed by atoms with Gasteiger partial charge in [-0.15, -0.1) is 0 Å². The van der Waals surface area contributed by atoms with Crippen LogP contribution in [-0.2, 0) is 11.2 Å². The molecule has 2 saturated carbocycles. The molecule has 20 heavy (non-hydrogen) atoms. The predicted molar refractivity (Wildman–Crippen MR) is 81.6 cm³/mol. The van der Waals surface area contributed by atoms with Crippen molar-refractivity contribution in [3.8, 4) is 0 Å². The maximum Gasteiger partial charge on any atom is 0.220 e. The molecule has 108 valence electrons. The number of benzene rings is 1. The van der Waals surface area contributed by atoms with Gasteiger partial charge in [0.25, 0.3) is 0 Å². The van der Waals surface area contributed by atoms with Crippen LogP contribution in [0.15, 0.2) is 18.2 Å². The maximum atomic E-state index is 12.1. The Hall–Kier alpha value is -1.31. The molecule has 1 aromatic rings. The summed E-state index contributed by atoms with van der Waals surface area (Å²) in [5.41, 5.74) is 3.91. The second-order valence-electron chi connectivity index (χ2n) is 6.77.